The number of rotatable bonds is 6. The molecule has 0 saturated heterocycles. The van der Waals surface area contributed by atoms with Gasteiger partial charge >= 0.3 is 0 Å². The molecule has 7 heteroatoms. The monoisotopic (exact) mass is 528 g/mol. The molecule has 1 aromatic heterocycles. The number of nitrogens with two attached hydrogens (primary N) is 1. The predicted octanol–water partition coefficient (Wildman–Crippen LogP) is 6.87. The molecule has 4 rings (SSSR count). The van der Waals surface area contributed by atoms with Gasteiger partial charge in [0.15, 0.2) is 0 Å². The third-order valence-corrected chi connectivity index (χ3v) is 6.84. The summed E-state index contributed by atoms with van der Waals surface area (Å²) in [5.41, 5.74) is 12.8. The maximum Gasteiger partial charge on any atom is 0.268 e. The lowest BCUT2D eigenvalue weighted by molar-refractivity contribution is -0.118. The fourth-order valence-corrected chi connectivity index (χ4v) is 4.70. The number of carbonyl (C=O) groups excluding carboxylic acids is 1. The molecule has 0 aliphatic heterocycles. The van der Waals surface area contributed by atoms with Crippen LogP contribution in [0.3, 0.4) is 0 Å². The van der Waals surface area contributed by atoms with Crippen LogP contribution < -0.4 is 15.8 Å². The Bertz CT molecular complexity index is 1380. The molecular weight excluding hydrogens is 496 g/mol. The summed E-state index contributed by atoms with van der Waals surface area (Å²) in [7, 11) is 1.65. The topological polar surface area (TPSA) is 89.6 Å². The number of methoxy groups -OCH3 is 1. The molecule has 0 bridgehead atoms. The second-order valence-corrected chi connectivity index (χ2v) is 9.82. The maximum absolute atomic E-state index is 13.4. The number of nitrogens with zero attached hydrogens (tertiary/aromatic N) is 2. The van der Waals surface area contributed by atoms with Crippen molar-refractivity contribution in [3.8, 4) is 5.75 Å². The van der Waals surface area contributed by atoms with E-state index >= 15 is 0 Å². The summed E-state index contributed by atoms with van der Waals surface area (Å²) in [6, 6.07) is 18.8. The number of aryl methyl sites for hydroxylation is 1. The number of allylic oxidation sites excluding steroid dienone is 2. The van der Waals surface area contributed by atoms with Gasteiger partial charge in [0.05, 0.1) is 30.2 Å². The fraction of sp³-hybridized carbons (Fsp3) is 0.258. The van der Waals surface area contributed by atoms with Crippen LogP contribution in [0.15, 0.2) is 88.7 Å². The molecule has 3 aromatic rings. The zero-order valence-corrected chi connectivity index (χ0v) is 22.8. The summed E-state index contributed by atoms with van der Waals surface area (Å²) < 4.78 is 5.31. The van der Waals surface area contributed by atoms with Crippen LogP contribution in [0.2, 0.25) is 5.02 Å². The van der Waals surface area contributed by atoms with Crippen LogP contribution in [-0.4, -0.2) is 23.7 Å². The average molecular weight is 529 g/mol. The summed E-state index contributed by atoms with van der Waals surface area (Å²) in [6.07, 6.45) is 7.17. The van der Waals surface area contributed by atoms with E-state index in [1.165, 1.54) is 0 Å². The van der Waals surface area contributed by atoms with Crippen LogP contribution >= 0.6 is 11.6 Å². The molecule has 1 saturated carbocycles. The van der Waals surface area contributed by atoms with Crippen LogP contribution in [0.5, 0.6) is 5.75 Å². The largest absolute Gasteiger partial charge is 0.497 e. The Balaban J connectivity index is 1.79. The molecule has 6 nitrogen and oxygen atoms in total. The minimum absolute atomic E-state index is 0.181. The summed E-state index contributed by atoms with van der Waals surface area (Å²) >= 11 is 6.21. The molecule has 0 spiro atoms. The first-order valence-corrected chi connectivity index (χ1v) is 13.1. The quantitative estimate of drug-likeness (QED) is 0.270. The minimum atomic E-state index is -0.329. The van der Waals surface area contributed by atoms with Crippen molar-refractivity contribution in [3.05, 3.63) is 106 Å². The Morgan fingerprint density at radius 1 is 1.13 bits per heavy atom. The number of amides is 1. The molecule has 1 aliphatic rings. The molecule has 1 unspecified atom stereocenters. The van der Waals surface area contributed by atoms with E-state index in [0.717, 1.165) is 64.4 Å². The van der Waals surface area contributed by atoms with Crippen LogP contribution in [0.25, 0.3) is 6.08 Å². The van der Waals surface area contributed by atoms with Crippen molar-refractivity contribution in [3.63, 3.8) is 0 Å². The molecule has 38 heavy (non-hydrogen) atoms. The Kier molecular flexibility index (Phi) is 8.98. The van der Waals surface area contributed by atoms with Crippen molar-refractivity contribution in [2.24, 2.45) is 10.7 Å². The molecule has 1 aliphatic carbocycles. The van der Waals surface area contributed by atoms with E-state index in [-0.39, 0.29) is 17.6 Å². The van der Waals surface area contributed by atoms with Crippen molar-refractivity contribution >= 4 is 35.0 Å². The number of aromatic nitrogens is 1. The van der Waals surface area contributed by atoms with Gasteiger partial charge in [-0.1, -0.05) is 29.8 Å². The van der Waals surface area contributed by atoms with Gasteiger partial charge in [-0.15, -0.1) is 0 Å². The highest BCUT2D eigenvalue weighted by Crippen LogP contribution is 2.32. The molecule has 196 valence electrons. The van der Waals surface area contributed by atoms with Crippen LogP contribution in [0, 0.1) is 6.92 Å². The number of hydrogen-bond acceptors (Lipinski definition) is 5. The van der Waals surface area contributed by atoms with Gasteiger partial charge in [0.2, 0.25) is 0 Å². The number of pyridine rings is 1. The van der Waals surface area contributed by atoms with E-state index in [9.17, 15) is 4.79 Å². The third-order valence-electron chi connectivity index (χ3n) is 6.61. The SMILES string of the molecule is COc1ccc(/C=C2\CCCC/C(=C(/N)C(=O)NC(C)c3ccccn3)C2=Nc2ccc(Cl)cc2C)cc1. The zero-order valence-electron chi connectivity index (χ0n) is 22.0. The number of aliphatic imine (C=N–C) groups is 1. The van der Waals surface area contributed by atoms with Gasteiger partial charge in [0.1, 0.15) is 11.4 Å². The van der Waals surface area contributed by atoms with E-state index in [2.05, 4.69) is 16.4 Å². The highest BCUT2D eigenvalue weighted by atomic mass is 35.5. The van der Waals surface area contributed by atoms with E-state index in [0.29, 0.717) is 11.4 Å². The number of nitrogens with one attached hydrogen (secondary N) is 1. The third kappa shape index (κ3) is 6.69. The summed E-state index contributed by atoms with van der Waals surface area (Å²) in [6.45, 7) is 3.87. The molecule has 1 heterocycles. The Hall–Kier alpha value is -3.90. The first-order valence-electron chi connectivity index (χ1n) is 12.8. The van der Waals surface area contributed by atoms with Gasteiger partial charge in [-0.2, -0.15) is 0 Å². The van der Waals surface area contributed by atoms with Gasteiger partial charge in [0.25, 0.3) is 5.91 Å². The van der Waals surface area contributed by atoms with Crippen molar-refractivity contribution < 1.29 is 9.53 Å². The predicted molar refractivity (Wildman–Crippen MR) is 155 cm³/mol. The summed E-state index contributed by atoms with van der Waals surface area (Å²) in [5.74, 6) is 0.464. The van der Waals surface area contributed by atoms with E-state index in [4.69, 9.17) is 27.1 Å². The Morgan fingerprint density at radius 2 is 1.89 bits per heavy atom. The van der Waals surface area contributed by atoms with E-state index < -0.39 is 0 Å². The number of ether oxygens (including phenoxy) is 1. The highest BCUT2D eigenvalue weighted by molar-refractivity contribution is 6.30. The lowest BCUT2D eigenvalue weighted by atomic mass is 9.96. The highest BCUT2D eigenvalue weighted by Gasteiger charge is 2.24. The minimum Gasteiger partial charge on any atom is -0.497 e. The second-order valence-electron chi connectivity index (χ2n) is 9.38. The number of carbonyl (C=O) groups is 1. The summed E-state index contributed by atoms with van der Waals surface area (Å²) in [5, 5.41) is 3.66. The average Bonchev–Trinajstić information content (AvgIpc) is 3.12. The zero-order chi connectivity index (χ0) is 27.1. The Morgan fingerprint density at radius 3 is 2.58 bits per heavy atom. The molecule has 1 atom stereocenters. The van der Waals surface area contributed by atoms with Crippen molar-refractivity contribution in [2.75, 3.05) is 7.11 Å². The van der Waals surface area contributed by atoms with Gasteiger partial charge < -0.3 is 15.8 Å². The van der Waals surface area contributed by atoms with E-state index in [1.807, 2.05) is 74.5 Å². The molecule has 1 fully saturated rings. The van der Waals surface area contributed by atoms with Crippen molar-refractivity contribution in [1.29, 1.82) is 0 Å². The van der Waals surface area contributed by atoms with E-state index in [1.54, 1.807) is 13.3 Å². The van der Waals surface area contributed by atoms with Gasteiger partial charge in [-0.3, -0.25) is 9.78 Å². The lowest BCUT2D eigenvalue weighted by Crippen LogP contribution is -2.33. The normalized spacial score (nSPS) is 18.1. The second kappa shape index (κ2) is 12.6. The van der Waals surface area contributed by atoms with Crippen LogP contribution in [-0.2, 0) is 4.79 Å². The molecule has 0 radical (unpaired) electrons. The van der Waals surface area contributed by atoms with Crippen LogP contribution in [0.1, 0.15) is 55.5 Å². The fourth-order valence-electron chi connectivity index (χ4n) is 4.47. The number of hydrogen-bond donors (Lipinski definition) is 2. The lowest BCUT2D eigenvalue weighted by Gasteiger charge is -2.18. The van der Waals surface area contributed by atoms with Gasteiger partial charge in [-0.05, 0) is 105 Å². The van der Waals surface area contributed by atoms with Crippen LogP contribution in [0.4, 0.5) is 5.69 Å². The maximum atomic E-state index is 13.4. The van der Waals surface area contributed by atoms with Crippen molar-refractivity contribution in [2.45, 2.75) is 45.6 Å². The van der Waals surface area contributed by atoms with Gasteiger partial charge in [-0.25, -0.2) is 4.99 Å². The number of halogens is 1. The summed E-state index contributed by atoms with van der Waals surface area (Å²) in [4.78, 5) is 22.8. The standard InChI is InChI=1S/C31H33ClN4O2/c1-20-18-24(32)13-16-27(20)36-30-23(19-22-11-14-25(38-3)15-12-22)8-4-5-9-26(30)29(33)31(37)35-21(2)28-10-6-7-17-34-28/h6-7,10-19,21H,4-5,8-9,33H2,1-3H3,(H,35,37)/b23-19+,29-26-,36-30?. The molecule has 1 amide bonds. The molecule has 3 N–H and O–H groups in total. The Labute approximate surface area is 229 Å². The van der Waals surface area contributed by atoms with Crippen molar-refractivity contribution in [1.82, 2.24) is 10.3 Å². The molecule has 2 aromatic carbocycles. The van der Waals surface area contributed by atoms with Gasteiger partial charge in [0, 0.05) is 16.8 Å². The smallest absolute Gasteiger partial charge is 0.268 e. The molecular formula is C31H33ClN4O2. The first kappa shape index (κ1) is 27.1. The first-order chi connectivity index (χ1) is 18.4. The number of benzene rings is 2.